The summed E-state index contributed by atoms with van der Waals surface area (Å²) in [6.45, 7) is 5.66. The Balaban J connectivity index is 2.03. The molecule has 1 N–H and O–H groups in total. The number of nitrogens with zero attached hydrogens (tertiary/aromatic N) is 2. The number of alkyl halides is 3. The largest absolute Gasteiger partial charge is 0.433 e. The summed E-state index contributed by atoms with van der Waals surface area (Å²) in [6, 6.07) is 8.89. The van der Waals surface area contributed by atoms with E-state index in [4.69, 9.17) is 0 Å². The lowest BCUT2D eigenvalue weighted by Crippen LogP contribution is -2.51. The molecule has 4 rings (SSSR count). The fraction of sp³-hybridized carbons (Fsp3) is 0.450. The van der Waals surface area contributed by atoms with Crippen LogP contribution in [0.4, 0.5) is 19.0 Å². The van der Waals surface area contributed by atoms with Gasteiger partial charge in [-0.25, -0.2) is 4.99 Å². The number of carbonyl (C=O) groups is 1. The van der Waals surface area contributed by atoms with Crippen molar-refractivity contribution in [3.63, 3.8) is 0 Å². The predicted octanol–water partition coefficient (Wildman–Crippen LogP) is 4.83. The highest BCUT2D eigenvalue weighted by atomic mass is 19.4. The van der Waals surface area contributed by atoms with Crippen LogP contribution in [0.1, 0.15) is 50.4 Å². The monoisotopic (exact) mass is 375 g/mol. The van der Waals surface area contributed by atoms with E-state index in [-0.39, 0.29) is 22.6 Å². The second kappa shape index (κ2) is 5.53. The van der Waals surface area contributed by atoms with Crippen molar-refractivity contribution < 1.29 is 18.0 Å². The molecule has 1 aliphatic heterocycles. The lowest BCUT2D eigenvalue weighted by molar-refractivity contribution is -0.142. The van der Waals surface area contributed by atoms with E-state index in [0.29, 0.717) is 24.1 Å². The van der Waals surface area contributed by atoms with Gasteiger partial charge in [0.2, 0.25) is 0 Å². The lowest BCUT2D eigenvalue weighted by atomic mass is 9.57. The fourth-order valence-corrected chi connectivity index (χ4v) is 4.66. The van der Waals surface area contributed by atoms with Gasteiger partial charge in [0.05, 0.1) is 5.92 Å². The van der Waals surface area contributed by atoms with E-state index in [1.807, 2.05) is 13.8 Å². The van der Waals surface area contributed by atoms with Gasteiger partial charge in [0.1, 0.15) is 11.5 Å². The summed E-state index contributed by atoms with van der Waals surface area (Å²) in [4.78, 5) is 17.6. The maximum atomic E-state index is 13.7. The Bertz CT molecular complexity index is 943. The van der Waals surface area contributed by atoms with Crippen LogP contribution in [0.5, 0.6) is 0 Å². The third-order valence-electron chi connectivity index (χ3n) is 5.72. The molecule has 0 bridgehead atoms. The number of hydrogen-bond donors (Lipinski definition) is 1. The zero-order valence-electron chi connectivity index (χ0n) is 15.3. The van der Waals surface area contributed by atoms with Gasteiger partial charge in [0.15, 0.2) is 5.82 Å². The number of hydrogen-bond acceptors (Lipinski definition) is 3. The molecule has 2 atom stereocenters. The maximum Gasteiger partial charge on any atom is 0.433 e. The average Bonchev–Trinajstić information content (AvgIpc) is 2.98. The number of H-pyrrole nitrogens is 1. The first kappa shape index (κ1) is 17.9. The molecular weight excluding hydrogens is 355 g/mol. The van der Waals surface area contributed by atoms with Gasteiger partial charge in [-0.15, -0.1) is 0 Å². The van der Waals surface area contributed by atoms with Crippen LogP contribution in [-0.4, -0.2) is 21.7 Å². The highest BCUT2D eigenvalue weighted by Crippen LogP contribution is 2.54. The van der Waals surface area contributed by atoms with Crippen LogP contribution in [0.15, 0.2) is 35.3 Å². The summed E-state index contributed by atoms with van der Waals surface area (Å²) >= 11 is 0. The molecule has 0 amide bonds. The molecule has 7 heteroatoms. The Hall–Kier alpha value is -2.44. The molecule has 4 nitrogen and oxygen atoms in total. The number of nitrogens with one attached hydrogen (secondary N) is 1. The van der Waals surface area contributed by atoms with Crippen LogP contribution in [0, 0.1) is 11.3 Å². The number of Topliss-reactive ketones (excluding diaryl/α,β-unsaturated/α-hetero) is 1. The molecule has 1 saturated carbocycles. The molecule has 0 saturated heterocycles. The van der Waals surface area contributed by atoms with Crippen molar-refractivity contribution in [3.05, 3.63) is 47.2 Å². The second-order valence-corrected chi connectivity index (χ2v) is 8.38. The molecule has 2 unspecified atom stereocenters. The number of aromatic amines is 1. The quantitative estimate of drug-likeness (QED) is 0.776. The first-order valence-electron chi connectivity index (χ1n) is 8.86. The molecule has 1 aromatic carbocycles. The smallest absolute Gasteiger partial charge is 0.299 e. The van der Waals surface area contributed by atoms with Crippen LogP contribution in [0.25, 0.3) is 0 Å². The number of carbonyl (C=O) groups excluding carboxylic acids is 1. The minimum atomic E-state index is -4.61. The van der Waals surface area contributed by atoms with Crippen LogP contribution >= 0.6 is 0 Å². The van der Waals surface area contributed by atoms with Crippen molar-refractivity contribution in [2.24, 2.45) is 16.3 Å². The highest BCUT2D eigenvalue weighted by Gasteiger charge is 2.56. The van der Waals surface area contributed by atoms with E-state index < -0.39 is 23.2 Å². The molecule has 1 fully saturated rings. The van der Waals surface area contributed by atoms with Crippen molar-refractivity contribution in [2.45, 2.75) is 45.2 Å². The minimum absolute atomic E-state index is 0.0328. The SMILES string of the molecule is CC1(C)CC(=O)C2C(=Nc3n[nH]c(C(F)(F)F)c3C2(C)c2ccccc2)C1. The van der Waals surface area contributed by atoms with Gasteiger partial charge in [0, 0.05) is 23.1 Å². The second-order valence-electron chi connectivity index (χ2n) is 8.38. The summed E-state index contributed by atoms with van der Waals surface area (Å²) < 4.78 is 41.1. The van der Waals surface area contributed by atoms with Crippen LogP contribution in [0.3, 0.4) is 0 Å². The Morgan fingerprint density at radius 3 is 2.41 bits per heavy atom. The van der Waals surface area contributed by atoms with Crippen molar-refractivity contribution in [1.29, 1.82) is 0 Å². The van der Waals surface area contributed by atoms with Gasteiger partial charge < -0.3 is 0 Å². The number of fused-ring (bicyclic) bond motifs is 2. The van der Waals surface area contributed by atoms with Crippen molar-refractivity contribution in [2.75, 3.05) is 0 Å². The zero-order chi connectivity index (χ0) is 19.6. The average molecular weight is 375 g/mol. The number of aliphatic imine (C=N–C) groups is 1. The van der Waals surface area contributed by atoms with Gasteiger partial charge in [0.25, 0.3) is 0 Å². The molecule has 2 heterocycles. The Kier molecular flexibility index (Phi) is 3.68. The third kappa shape index (κ3) is 2.63. The first-order valence-corrected chi connectivity index (χ1v) is 8.86. The third-order valence-corrected chi connectivity index (χ3v) is 5.72. The Morgan fingerprint density at radius 1 is 1.11 bits per heavy atom. The first-order chi connectivity index (χ1) is 12.5. The predicted molar refractivity (Wildman–Crippen MR) is 95.1 cm³/mol. The van der Waals surface area contributed by atoms with Crippen molar-refractivity contribution in [3.8, 4) is 0 Å². The van der Waals surface area contributed by atoms with Crippen LogP contribution in [0.2, 0.25) is 0 Å². The number of aromatic nitrogens is 2. The topological polar surface area (TPSA) is 58.1 Å². The normalized spacial score (nSPS) is 27.0. The van der Waals surface area contributed by atoms with Crippen LogP contribution < -0.4 is 0 Å². The highest BCUT2D eigenvalue weighted by molar-refractivity contribution is 6.11. The van der Waals surface area contributed by atoms with E-state index in [1.54, 1.807) is 37.3 Å². The van der Waals surface area contributed by atoms with Gasteiger partial charge in [-0.3, -0.25) is 9.89 Å². The zero-order valence-corrected chi connectivity index (χ0v) is 15.3. The van der Waals surface area contributed by atoms with E-state index in [0.717, 1.165) is 0 Å². The Morgan fingerprint density at radius 2 is 1.78 bits per heavy atom. The number of halogens is 3. The number of benzene rings is 1. The maximum absolute atomic E-state index is 13.7. The molecule has 2 aliphatic rings. The molecule has 27 heavy (non-hydrogen) atoms. The lowest BCUT2D eigenvalue weighted by Gasteiger charge is -2.46. The molecule has 1 aromatic heterocycles. The number of ketones is 1. The molecule has 1 aliphatic carbocycles. The summed E-state index contributed by atoms with van der Waals surface area (Å²) in [5, 5.41) is 6.00. The molecule has 0 spiro atoms. The van der Waals surface area contributed by atoms with Crippen molar-refractivity contribution >= 4 is 17.3 Å². The summed E-state index contributed by atoms with van der Waals surface area (Å²) in [5.41, 5.74) is -1.14. The van der Waals surface area contributed by atoms with Gasteiger partial charge >= 0.3 is 6.18 Å². The standard InChI is InChI=1S/C20H20F3N3O/c1-18(2)9-12-14(13(27)10-18)19(3,11-7-5-4-6-8-11)15-16(20(21,22)23)25-26-17(15)24-12/h4-8,14H,9-10H2,1-3H3,(H,25,26). The van der Waals surface area contributed by atoms with Gasteiger partial charge in [-0.05, 0) is 17.4 Å². The molecule has 2 aromatic rings. The van der Waals surface area contributed by atoms with Crippen molar-refractivity contribution in [1.82, 2.24) is 10.2 Å². The van der Waals surface area contributed by atoms with E-state index in [2.05, 4.69) is 15.2 Å². The van der Waals surface area contributed by atoms with E-state index >= 15 is 0 Å². The Labute approximate surface area is 154 Å². The summed E-state index contributed by atoms with van der Waals surface area (Å²) in [7, 11) is 0. The van der Waals surface area contributed by atoms with E-state index in [9.17, 15) is 18.0 Å². The molecular formula is C20H20F3N3O. The minimum Gasteiger partial charge on any atom is -0.299 e. The molecule has 142 valence electrons. The van der Waals surface area contributed by atoms with E-state index in [1.165, 1.54) is 0 Å². The number of rotatable bonds is 1. The fourth-order valence-electron chi connectivity index (χ4n) is 4.66. The molecule has 0 radical (unpaired) electrons. The van der Waals surface area contributed by atoms with Gasteiger partial charge in [-0.2, -0.15) is 18.3 Å². The summed E-state index contributed by atoms with van der Waals surface area (Å²) in [5.74, 6) is -0.763. The van der Waals surface area contributed by atoms with Crippen LogP contribution in [-0.2, 0) is 16.4 Å². The van der Waals surface area contributed by atoms with Gasteiger partial charge in [-0.1, -0.05) is 51.1 Å². The summed E-state index contributed by atoms with van der Waals surface area (Å²) in [6.07, 6.45) is -3.74.